The van der Waals surface area contributed by atoms with E-state index in [1.165, 1.54) is 0 Å². The summed E-state index contributed by atoms with van der Waals surface area (Å²) in [6.07, 6.45) is 5.17. The second-order valence-corrected chi connectivity index (χ2v) is 5.64. The molecule has 0 amide bonds. The van der Waals surface area contributed by atoms with Crippen molar-refractivity contribution >= 4 is 32.7 Å². The second kappa shape index (κ2) is 6.74. The van der Waals surface area contributed by atoms with Crippen LogP contribution in [0.3, 0.4) is 0 Å². The van der Waals surface area contributed by atoms with Gasteiger partial charge in [-0.05, 0) is 40.2 Å². The van der Waals surface area contributed by atoms with Crippen molar-refractivity contribution in [1.29, 1.82) is 0 Å². The maximum atomic E-state index is 5.80. The van der Waals surface area contributed by atoms with Crippen LogP contribution in [0.4, 0.5) is 5.69 Å². The zero-order valence-corrected chi connectivity index (χ0v) is 15.3. The Bertz CT molecular complexity index is 773. The monoisotopic (exact) mass is 459 g/mol. The van der Waals surface area contributed by atoms with Crippen LogP contribution in [-0.2, 0) is 6.54 Å². The number of aromatic nitrogens is 2. The number of nitrogens with zero attached hydrogens (tertiary/aromatic N) is 2. The molecule has 0 saturated carbocycles. The Hall–Kier alpha value is -1.15. The van der Waals surface area contributed by atoms with Crippen LogP contribution < -0.4 is 34.3 Å². The van der Waals surface area contributed by atoms with Crippen LogP contribution in [0.5, 0.6) is 0 Å². The molecular formula is C15H15BrIN3O. The smallest absolute Gasteiger partial charge is 0.233 e. The van der Waals surface area contributed by atoms with Gasteiger partial charge in [0.25, 0.3) is 0 Å². The first-order valence-electron chi connectivity index (χ1n) is 6.52. The lowest BCUT2D eigenvalue weighted by Crippen LogP contribution is -3.00. The van der Waals surface area contributed by atoms with Crippen LogP contribution in [0.1, 0.15) is 13.3 Å². The topological polar surface area (TPSA) is 55.9 Å². The van der Waals surface area contributed by atoms with Crippen molar-refractivity contribution < 1.29 is 33.0 Å². The van der Waals surface area contributed by atoms with Gasteiger partial charge in [-0.15, -0.1) is 0 Å². The minimum atomic E-state index is 0. The Morgan fingerprint density at radius 3 is 2.86 bits per heavy atom. The molecule has 0 unspecified atom stereocenters. The molecule has 0 aliphatic rings. The number of anilines is 1. The zero-order chi connectivity index (χ0) is 14.1. The summed E-state index contributed by atoms with van der Waals surface area (Å²) in [5.74, 6) is 0.608. The molecule has 0 fully saturated rings. The number of fused-ring (bicyclic) bond motifs is 1. The van der Waals surface area contributed by atoms with Crippen molar-refractivity contribution in [3.05, 3.63) is 41.1 Å². The molecule has 4 nitrogen and oxygen atoms in total. The number of halogens is 2. The van der Waals surface area contributed by atoms with E-state index in [1.54, 1.807) is 0 Å². The zero-order valence-electron chi connectivity index (χ0n) is 11.5. The van der Waals surface area contributed by atoms with Crippen LogP contribution >= 0.6 is 15.9 Å². The highest BCUT2D eigenvalue weighted by molar-refractivity contribution is 9.10. The highest BCUT2D eigenvalue weighted by atomic mass is 127. The molecule has 3 rings (SSSR count). The number of benzene rings is 1. The normalized spacial score (nSPS) is 10.6. The van der Waals surface area contributed by atoms with E-state index in [1.807, 2.05) is 36.7 Å². The molecule has 110 valence electrons. The highest BCUT2D eigenvalue weighted by Crippen LogP contribution is 2.26. The average Bonchev–Trinajstić information content (AvgIpc) is 2.81. The molecule has 2 N–H and O–H groups in total. The van der Waals surface area contributed by atoms with Crippen LogP contribution in [0.2, 0.25) is 0 Å². The number of pyridine rings is 1. The van der Waals surface area contributed by atoms with Gasteiger partial charge in [0.2, 0.25) is 5.89 Å². The summed E-state index contributed by atoms with van der Waals surface area (Å²) < 4.78 is 8.93. The third kappa shape index (κ3) is 3.55. The van der Waals surface area contributed by atoms with Gasteiger partial charge < -0.3 is 34.1 Å². The predicted octanol–water partition coefficient (Wildman–Crippen LogP) is 0.541. The Labute approximate surface area is 148 Å². The number of hydrogen-bond acceptors (Lipinski definition) is 3. The Kier molecular flexibility index (Phi) is 5.21. The van der Waals surface area contributed by atoms with Gasteiger partial charge in [-0.25, -0.2) is 9.55 Å². The largest absolute Gasteiger partial charge is 1.00 e. The summed E-state index contributed by atoms with van der Waals surface area (Å²) in [7, 11) is 0. The molecule has 0 saturated heterocycles. The summed E-state index contributed by atoms with van der Waals surface area (Å²) >= 11 is 3.53. The lowest BCUT2D eigenvalue weighted by atomic mass is 10.3. The molecule has 2 aromatic heterocycles. The first kappa shape index (κ1) is 16.2. The molecule has 3 aromatic rings. The van der Waals surface area contributed by atoms with Crippen LogP contribution in [0.25, 0.3) is 22.6 Å². The molecular weight excluding hydrogens is 445 g/mol. The summed E-state index contributed by atoms with van der Waals surface area (Å²) in [6.45, 7) is 3.11. The van der Waals surface area contributed by atoms with Gasteiger partial charge in [-0.2, -0.15) is 0 Å². The molecule has 0 bridgehead atoms. The standard InChI is InChI=1S/C15H15BrN3O.HI/c1-2-5-19-8-10(6-11(16)9-19)15-18-13-7-12(17)3-4-14(13)20-15;/h3-4,6-9H,2,5,17H2,1H3;1H/q+1;/p-1. The lowest BCUT2D eigenvalue weighted by molar-refractivity contribution is -0.697. The third-order valence-corrected chi connectivity index (χ3v) is 3.46. The number of nitrogens with two attached hydrogens (primary N) is 1. The quantitative estimate of drug-likeness (QED) is 0.353. The molecule has 1 aromatic carbocycles. The van der Waals surface area contributed by atoms with E-state index >= 15 is 0 Å². The molecule has 0 radical (unpaired) electrons. The molecule has 0 aliphatic carbocycles. The Morgan fingerprint density at radius 1 is 1.29 bits per heavy atom. The van der Waals surface area contributed by atoms with Crippen molar-refractivity contribution in [2.24, 2.45) is 0 Å². The Balaban J connectivity index is 0.00000161. The van der Waals surface area contributed by atoms with Gasteiger partial charge in [0.05, 0.1) is 4.47 Å². The SMILES string of the molecule is CCC[n+]1cc(Br)cc(-c2nc3cc(N)ccc3o2)c1.[I-]. The first-order valence-corrected chi connectivity index (χ1v) is 7.31. The fraction of sp³-hybridized carbons (Fsp3) is 0.200. The van der Waals surface area contributed by atoms with E-state index in [0.717, 1.165) is 34.1 Å². The van der Waals surface area contributed by atoms with Crippen LogP contribution in [0, 0.1) is 0 Å². The molecule has 21 heavy (non-hydrogen) atoms. The van der Waals surface area contributed by atoms with Gasteiger partial charge in [-0.3, -0.25) is 0 Å². The molecule has 0 spiro atoms. The van der Waals surface area contributed by atoms with Gasteiger partial charge in [0.1, 0.15) is 17.6 Å². The van der Waals surface area contributed by atoms with Crippen molar-refractivity contribution in [3.8, 4) is 11.5 Å². The van der Waals surface area contributed by atoms with Gasteiger partial charge >= 0.3 is 0 Å². The molecule has 2 heterocycles. The van der Waals surface area contributed by atoms with E-state index in [2.05, 4.69) is 32.4 Å². The molecule has 0 atom stereocenters. The fourth-order valence-corrected chi connectivity index (χ4v) is 2.68. The Morgan fingerprint density at radius 2 is 2.10 bits per heavy atom. The summed E-state index contributed by atoms with van der Waals surface area (Å²) in [4.78, 5) is 4.51. The first-order chi connectivity index (χ1) is 9.65. The fourth-order valence-electron chi connectivity index (χ4n) is 2.17. The van der Waals surface area contributed by atoms with Crippen LogP contribution in [0.15, 0.2) is 45.5 Å². The van der Waals surface area contributed by atoms with E-state index in [0.29, 0.717) is 11.6 Å². The second-order valence-electron chi connectivity index (χ2n) is 4.73. The van der Waals surface area contributed by atoms with Crippen molar-refractivity contribution in [2.75, 3.05) is 5.73 Å². The van der Waals surface area contributed by atoms with E-state index < -0.39 is 0 Å². The molecule has 0 aliphatic heterocycles. The van der Waals surface area contributed by atoms with E-state index in [4.69, 9.17) is 10.2 Å². The average molecular weight is 460 g/mol. The number of rotatable bonds is 3. The van der Waals surface area contributed by atoms with Crippen molar-refractivity contribution in [3.63, 3.8) is 0 Å². The minimum Gasteiger partial charge on any atom is -1.00 e. The number of aryl methyl sites for hydroxylation is 1. The summed E-state index contributed by atoms with van der Waals surface area (Å²) in [5.41, 5.74) is 8.93. The van der Waals surface area contributed by atoms with Gasteiger partial charge in [0.15, 0.2) is 18.0 Å². The van der Waals surface area contributed by atoms with Gasteiger partial charge in [0, 0.05) is 12.1 Å². The number of hydrogen-bond donors (Lipinski definition) is 1. The van der Waals surface area contributed by atoms with Gasteiger partial charge in [-0.1, -0.05) is 6.92 Å². The van der Waals surface area contributed by atoms with E-state index in [-0.39, 0.29) is 24.0 Å². The summed E-state index contributed by atoms with van der Waals surface area (Å²) in [6, 6.07) is 7.48. The summed E-state index contributed by atoms with van der Waals surface area (Å²) in [5, 5.41) is 0. The number of oxazole rings is 1. The predicted molar refractivity (Wildman–Crippen MR) is 82.0 cm³/mol. The maximum Gasteiger partial charge on any atom is 0.233 e. The minimum absolute atomic E-state index is 0. The number of nitrogen functional groups attached to an aromatic ring is 1. The maximum absolute atomic E-state index is 5.80. The molecule has 6 heteroatoms. The van der Waals surface area contributed by atoms with Crippen LogP contribution in [-0.4, -0.2) is 4.98 Å². The van der Waals surface area contributed by atoms with Crippen molar-refractivity contribution in [1.82, 2.24) is 4.98 Å². The van der Waals surface area contributed by atoms with Crippen molar-refractivity contribution in [2.45, 2.75) is 19.9 Å². The third-order valence-electron chi connectivity index (χ3n) is 3.03. The van der Waals surface area contributed by atoms with E-state index in [9.17, 15) is 0 Å². The lowest BCUT2D eigenvalue weighted by Gasteiger charge is -1.98. The highest BCUT2D eigenvalue weighted by Gasteiger charge is 2.13.